The van der Waals surface area contributed by atoms with Gasteiger partial charge >= 0.3 is 11.4 Å². The minimum atomic E-state index is -1.58. The molecule has 2 heterocycles. The monoisotopic (exact) mass is 459 g/mol. The van der Waals surface area contributed by atoms with E-state index in [0.29, 0.717) is 0 Å². The van der Waals surface area contributed by atoms with Crippen molar-refractivity contribution in [1.29, 1.82) is 0 Å². The average molecular weight is 459 g/mol. The van der Waals surface area contributed by atoms with Gasteiger partial charge in [-0.1, -0.05) is 19.3 Å². The maximum Gasteiger partial charge on any atom is 0.359 e. The molecule has 1 aromatic carbocycles. The summed E-state index contributed by atoms with van der Waals surface area (Å²) >= 11 is 0. The van der Waals surface area contributed by atoms with Crippen LogP contribution in [-0.4, -0.2) is 32.2 Å². The molecular formula is C23H24F3N5O2. The second-order valence-electron chi connectivity index (χ2n) is 8.40. The molecule has 10 heteroatoms. The number of hydrogen-bond donors (Lipinski definition) is 0. The van der Waals surface area contributed by atoms with Crippen molar-refractivity contribution >= 4 is 5.95 Å². The molecule has 1 fully saturated rings. The fraction of sp³-hybridized carbons (Fsp3) is 0.391. The zero-order valence-corrected chi connectivity index (χ0v) is 18.4. The molecule has 1 saturated carbocycles. The van der Waals surface area contributed by atoms with Gasteiger partial charge < -0.3 is 4.90 Å². The van der Waals surface area contributed by atoms with E-state index in [2.05, 4.69) is 9.97 Å². The summed E-state index contributed by atoms with van der Waals surface area (Å²) in [5.41, 5.74) is -0.518. The number of aryl methyl sites for hydroxylation is 1. The summed E-state index contributed by atoms with van der Waals surface area (Å²) in [6.45, 7) is 1.47. The van der Waals surface area contributed by atoms with Gasteiger partial charge in [0.05, 0.1) is 18.4 Å². The third kappa shape index (κ3) is 4.55. The van der Waals surface area contributed by atoms with Crippen LogP contribution in [0.2, 0.25) is 0 Å². The molecule has 0 radical (unpaired) electrons. The fourth-order valence-electron chi connectivity index (χ4n) is 4.29. The van der Waals surface area contributed by atoms with E-state index in [1.807, 2.05) is 0 Å². The molecule has 7 nitrogen and oxygen atoms in total. The quantitative estimate of drug-likeness (QED) is 0.548. The topological polar surface area (TPSA) is 73.0 Å². The van der Waals surface area contributed by atoms with Crippen LogP contribution >= 0.6 is 0 Å². The molecule has 4 rings (SSSR count). The molecule has 0 unspecified atom stereocenters. The first-order valence-corrected chi connectivity index (χ1v) is 10.8. The van der Waals surface area contributed by atoms with Gasteiger partial charge in [0.1, 0.15) is 0 Å². The van der Waals surface area contributed by atoms with E-state index in [-0.39, 0.29) is 29.8 Å². The number of pyridine rings is 1. The third-order valence-electron chi connectivity index (χ3n) is 5.99. The molecule has 3 aromatic rings. The normalized spacial score (nSPS) is 14.5. The lowest BCUT2D eigenvalue weighted by Crippen LogP contribution is -2.46. The van der Waals surface area contributed by atoms with E-state index in [4.69, 9.17) is 0 Å². The van der Waals surface area contributed by atoms with Crippen LogP contribution in [0, 0.1) is 24.4 Å². The predicted molar refractivity (Wildman–Crippen MR) is 117 cm³/mol. The van der Waals surface area contributed by atoms with Crippen molar-refractivity contribution in [2.75, 3.05) is 11.9 Å². The molecule has 0 saturated heterocycles. The summed E-state index contributed by atoms with van der Waals surface area (Å²) in [5, 5.41) is 0. The summed E-state index contributed by atoms with van der Waals surface area (Å²) in [5.74, 6) is -4.20. The first-order valence-electron chi connectivity index (χ1n) is 10.8. The number of aromatic nitrogens is 4. The van der Waals surface area contributed by atoms with Crippen molar-refractivity contribution in [2.24, 2.45) is 0 Å². The van der Waals surface area contributed by atoms with Crippen molar-refractivity contribution in [3.63, 3.8) is 0 Å². The second-order valence-corrected chi connectivity index (χ2v) is 8.40. The highest BCUT2D eigenvalue weighted by molar-refractivity contribution is 5.36. The van der Waals surface area contributed by atoms with E-state index in [1.165, 1.54) is 10.8 Å². The Kier molecular flexibility index (Phi) is 6.35. The highest BCUT2D eigenvalue weighted by Gasteiger charge is 2.25. The minimum Gasteiger partial charge on any atom is -0.342 e. The molecule has 0 atom stereocenters. The molecule has 2 aromatic heterocycles. The van der Waals surface area contributed by atoms with Crippen molar-refractivity contribution in [2.45, 2.75) is 51.6 Å². The van der Waals surface area contributed by atoms with Gasteiger partial charge in [0, 0.05) is 19.3 Å². The molecule has 33 heavy (non-hydrogen) atoms. The zero-order chi connectivity index (χ0) is 23.7. The summed E-state index contributed by atoms with van der Waals surface area (Å²) in [4.78, 5) is 36.4. The molecule has 0 N–H and O–H groups in total. The van der Waals surface area contributed by atoms with Crippen LogP contribution in [0.5, 0.6) is 0 Å². The van der Waals surface area contributed by atoms with Crippen molar-refractivity contribution in [1.82, 2.24) is 19.1 Å². The predicted octanol–water partition coefficient (Wildman–Crippen LogP) is 3.33. The summed E-state index contributed by atoms with van der Waals surface area (Å²) in [7, 11) is 1.75. The van der Waals surface area contributed by atoms with Gasteiger partial charge in [0.15, 0.2) is 17.5 Å². The summed E-state index contributed by atoms with van der Waals surface area (Å²) < 4.78 is 43.2. The Morgan fingerprint density at radius 1 is 1.03 bits per heavy atom. The Hall–Kier alpha value is -3.43. The van der Waals surface area contributed by atoms with Crippen LogP contribution < -0.4 is 16.3 Å². The number of rotatable bonds is 5. The molecule has 0 spiro atoms. The molecular weight excluding hydrogens is 435 g/mol. The lowest BCUT2D eigenvalue weighted by molar-refractivity contribution is 0.417. The van der Waals surface area contributed by atoms with E-state index < -0.39 is 28.8 Å². The lowest BCUT2D eigenvalue weighted by atomic mass is 9.95. The molecule has 1 aliphatic rings. The largest absolute Gasteiger partial charge is 0.359 e. The van der Waals surface area contributed by atoms with Gasteiger partial charge in [0.2, 0.25) is 5.95 Å². The molecule has 0 aliphatic heterocycles. The summed E-state index contributed by atoms with van der Waals surface area (Å²) in [6, 6.07) is 3.34. The Bertz CT molecular complexity index is 1270. The van der Waals surface area contributed by atoms with Crippen molar-refractivity contribution < 1.29 is 13.2 Å². The highest BCUT2D eigenvalue weighted by Crippen LogP contribution is 2.25. The standard InChI is InChI=1S/C23H24F3N5O2/c1-14-8-17(12-27-11-14)31-22(32)28-21(29(2)16-6-4-3-5-7-16)30(23(31)33)13-15-9-18(24)20(26)19(25)10-15/h8-12,16H,3-7,13H2,1-2H3. The Labute approximate surface area is 188 Å². The number of anilines is 1. The minimum absolute atomic E-state index is 0.0289. The number of benzene rings is 1. The van der Waals surface area contributed by atoms with Gasteiger partial charge in [-0.05, 0) is 49.1 Å². The average Bonchev–Trinajstić information content (AvgIpc) is 2.79. The van der Waals surface area contributed by atoms with E-state index in [0.717, 1.165) is 54.4 Å². The Morgan fingerprint density at radius 3 is 2.33 bits per heavy atom. The number of halogens is 3. The van der Waals surface area contributed by atoms with Crippen molar-refractivity contribution in [3.05, 3.63) is 80.1 Å². The molecule has 0 bridgehead atoms. The molecule has 174 valence electrons. The second kappa shape index (κ2) is 9.21. The van der Waals surface area contributed by atoms with Gasteiger partial charge in [-0.2, -0.15) is 4.98 Å². The maximum atomic E-state index is 13.9. The molecule has 1 aliphatic carbocycles. The number of nitrogens with zero attached hydrogens (tertiary/aromatic N) is 5. The van der Waals surface area contributed by atoms with Gasteiger partial charge in [-0.15, -0.1) is 0 Å². The van der Waals surface area contributed by atoms with Crippen LogP contribution in [0.4, 0.5) is 19.1 Å². The van der Waals surface area contributed by atoms with Gasteiger partial charge in [-0.3, -0.25) is 9.55 Å². The van der Waals surface area contributed by atoms with Crippen molar-refractivity contribution in [3.8, 4) is 5.69 Å². The van der Waals surface area contributed by atoms with Crippen LogP contribution in [-0.2, 0) is 6.54 Å². The molecule has 0 amide bonds. The maximum absolute atomic E-state index is 13.9. The SMILES string of the molecule is Cc1cncc(-n2c(=O)nc(N(C)C3CCCCC3)n(Cc3cc(F)c(F)c(F)c3)c2=O)c1. The van der Waals surface area contributed by atoms with E-state index >= 15 is 0 Å². The van der Waals surface area contributed by atoms with Crippen LogP contribution in [0.25, 0.3) is 5.69 Å². The van der Waals surface area contributed by atoms with Crippen LogP contribution in [0.15, 0.2) is 40.2 Å². The van der Waals surface area contributed by atoms with Gasteiger partial charge in [-0.25, -0.2) is 27.3 Å². The summed E-state index contributed by atoms with van der Waals surface area (Å²) in [6.07, 6.45) is 7.83. The van der Waals surface area contributed by atoms with Crippen LogP contribution in [0.1, 0.15) is 43.2 Å². The fourth-order valence-corrected chi connectivity index (χ4v) is 4.29. The smallest absolute Gasteiger partial charge is 0.342 e. The zero-order valence-electron chi connectivity index (χ0n) is 18.4. The van der Waals surface area contributed by atoms with Crippen LogP contribution in [0.3, 0.4) is 0 Å². The van der Waals surface area contributed by atoms with Gasteiger partial charge in [0.25, 0.3) is 0 Å². The van der Waals surface area contributed by atoms with E-state index in [9.17, 15) is 22.8 Å². The van der Waals surface area contributed by atoms with E-state index in [1.54, 1.807) is 31.1 Å². The first kappa shape index (κ1) is 22.8. The number of hydrogen-bond acceptors (Lipinski definition) is 5. The first-order chi connectivity index (χ1) is 15.8. The third-order valence-corrected chi connectivity index (χ3v) is 5.99. The lowest BCUT2D eigenvalue weighted by Gasteiger charge is -2.33. The highest BCUT2D eigenvalue weighted by atomic mass is 19.2. The Balaban J connectivity index is 1.89. The Morgan fingerprint density at radius 2 is 1.70 bits per heavy atom.